The molecule has 1 aliphatic heterocycles. The zero-order chi connectivity index (χ0) is 17.2. The SMILES string of the molecule is CCNC(=NCc1cccc(C(=O)NC[C@H]2CCCO2)c1)NCC. The second-order valence-corrected chi connectivity index (χ2v) is 5.77. The molecular formula is C18H28N4O2. The van der Waals surface area contributed by atoms with E-state index in [0.717, 1.165) is 44.1 Å². The summed E-state index contributed by atoms with van der Waals surface area (Å²) in [6.07, 6.45) is 2.25. The summed E-state index contributed by atoms with van der Waals surface area (Å²) in [5, 5.41) is 9.33. The molecule has 0 unspecified atom stereocenters. The van der Waals surface area contributed by atoms with E-state index in [9.17, 15) is 4.79 Å². The van der Waals surface area contributed by atoms with Crippen molar-refractivity contribution in [1.82, 2.24) is 16.0 Å². The van der Waals surface area contributed by atoms with Crippen LogP contribution < -0.4 is 16.0 Å². The number of hydrogen-bond donors (Lipinski definition) is 3. The van der Waals surface area contributed by atoms with Gasteiger partial charge in [0.2, 0.25) is 0 Å². The summed E-state index contributed by atoms with van der Waals surface area (Å²) in [6, 6.07) is 7.60. The van der Waals surface area contributed by atoms with Crippen LogP contribution in [-0.2, 0) is 11.3 Å². The summed E-state index contributed by atoms with van der Waals surface area (Å²) in [6.45, 7) is 7.61. The first kappa shape index (κ1) is 18.3. The summed E-state index contributed by atoms with van der Waals surface area (Å²) in [7, 11) is 0. The number of rotatable bonds is 7. The number of benzene rings is 1. The Balaban J connectivity index is 1.91. The van der Waals surface area contributed by atoms with Crippen molar-refractivity contribution in [2.24, 2.45) is 4.99 Å². The van der Waals surface area contributed by atoms with Gasteiger partial charge in [-0.15, -0.1) is 0 Å². The first-order chi connectivity index (χ1) is 11.7. The monoisotopic (exact) mass is 332 g/mol. The zero-order valence-corrected chi connectivity index (χ0v) is 14.6. The predicted molar refractivity (Wildman–Crippen MR) is 96.2 cm³/mol. The van der Waals surface area contributed by atoms with E-state index >= 15 is 0 Å². The van der Waals surface area contributed by atoms with Crippen molar-refractivity contribution in [3.63, 3.8) is 0 Å². The van der Waals surface area contributed by atoms with Gasteiger partial charge in [-0.2, -0.15) is 0 Å². The maximum atomic E-state index is 12.3. The van der Waals surface area contributed by atoms with E-state index in [0.29, 0.717) is 18.7 Å². The number of nitrogens with one attached hydrogen (secondary N) is 3. The predicted octanol–water partition coefficient (Wildman–Crippen LogP) is 1.67. The molecule has 0 aromatic heterocycles. The van der Waals surface area contributed by atoms with E-state index < -0.39 is 0 Å². The van der Waals surface area contributed by atoms with Gasteiger partial charge in [0.25, 0.3) is 5.91 Å². The number of nitrogens with zero attached hydrogens (tertiary/aromatic N) is 1. The number of guanidine groups is 1. The molecule has 0 spiro atoms. The topological polar surface area (TPSA) is 74.8 Å². The molecule has 24 heavy (non-hydrogen) atoms. The van der Waals surface area contributed by atoms with Crippen LogP contribution in [0, 0.1) is 0 Å². The van der Waals surface area contributed by atoms with Crippen molar-refractivity contribution in [3.8, 4) is 0 Å². The van der Waals surface area contributed by atoms with Gasteiger partial charge in [0.1, 0.15) is 0 Å². The minimum Gasteiger partial charge on any atom is -0.376 e. The fourth-order valence-electron chi connectivity index (χ4n) is 2.60. The third-order valence-electron chi connectivity index (χ3n) is 3.81. The number of aliphatic imine (C=N–C) groups is 1. The first-order valence-electron chi connectivity index (χ1n) is 8.73. The lowest BCUT2D eigenvalue weighted by molar-refractivity contribution is 0.0857. The number of ether oxygens (including phenoxy) is 1. The number of amides is 1. The fourth-order valence-corrected chi connectivity index (χ4v) is 2.60. The third-order valence-corrected chi connectivity index (χ3v) is 3.81. The van der Waals surface area contributed by atoms with Crippen LogP contribution in [0.25, 0.3) is 0 Å². The minimum absolute atomic E-state index is 0.0603. The van der Waals surface area contributed by atoms with Crippen molar-refractivity contribution in [2.75, 3.05) is 26.2 Å². The summed E-state index contributed by atoms with van der Waals surface area (Å²) in [4.78, 5) is 16.8. The number of hydrogen-bond acceptors (Lipinski definition) is 3. The molecule has 132 valence electrons. The van der Waals surface area contributed by atoms with Crippen molar-refractivity contribution in [1.29, 1.82) is 0 Å². The molecule has 2 rings (SSSR count). The summed E-state index contributed by atoms with van der Waals surface area (Å²) in [5.41, 5.74) is 1.67. The Hall–Kier alpha value is -2.08. The molecule has 1 fully saturated rings. The molecule has 1 aliphatic rings. The smallest absolute Gasteiger partial charge is 0.251 e. The molecule has 1 aromatic carbocycles. The van der Waals surface area contributed by atoms with Crippen LogP contribution in [0.2, 0.25) is 0 Å². The Morgan fingerprint density at radius 1 is 1.25 bits per heavy atom. The highest BCUT2D eigenvalue weighted by molar-refractivity contribution is 5.94. The average Bonchev–Trinajstić information content (AvgIpc) is 3.12. The second-order valence-electron chi connectivity index (χ2n) is 5.77. The van der Waals surface area contributed by atoms with Crippen molar-refractivity contribution >= 4 is 11.9 Å². The van der Waals surface area contributed by atoms with Gasteiger partial charge >= 0.3 is 0 Å². The number of carbonyl (C=O) groups is 1. The Morgan fingerprint density at radius 2 is 2.04 bits per heavy atom. The van der Waals surface area contributed by atoms with E-state index in [1.807, 2.05) is 38.1 Å². The molecule has 1 heterocycles. The Morgan fingerprint density at radius 3 is 2.71 bits per heavy atom. The standard InChI is InChI=1S/C18H28N4O2/c1-3-19-18(20-4-2)22-12-14-7-5-8-15(11-14)17(23)21-13-16-9-6-10-24-16/h5,7-8,11,16H,3-4,6,9-10,12-13H2,1-2H3,(H,21,23)(H2,19,20,22)/t16-/m1/s1. The van der Waals surface area contributed by atoms with Gasteiger partial charge in [-0.05, 0) is 44.4 Å². The molecule has 0 bridgehead atoms. The molecular weight excluding hydrogens is 304 g/mol. The van der Waals surface area contributed by atoms with Crippen LogP contribution in [0.5, 0.6) is 0 Å². The normalized spacial score (nSPS) is 16.5. The van der Waals surface area contributed by atoms with Gasteiger partial charge in [-0.25, -0.2) is 4.99 Å². The van der Waals surface area contributed by atoms with Gasteiger partial charge in [0.15, 0.2) is 5.96 Å². The highest BCUT2D eigenvalue weighted by atomic mass is 16.5. The number of carbonyl (C=O) groups excluding carboxylic acids is 1. The fraction of sp³-hybridized carbons (Fsp3) is 0.556. The highest BCUT2D eigenvalue weighted by Gasteiger charge is 2.16. The molecule has 0 saturated carbocycles. The summed E-state index contributed by atoms with van der Waals surface area (Å²) < 4.78 is 5.53. The molecule has 1 saturated heterocycles. The third kappa shape index (κ3) is 5.85. The molecule has 1 aromatic rings. The van der Waals surface area contributed by atoms with Crippen molar-refractivity contribution < 1.29 is 9.53 Å². The maximum Gasteiger partial charge on any atom is 0.251 e. The van der Waals surface area contributed by atoms with Gasteiger partial charge in [-0.1, -0.05) is 12.1 Å². The van der Waals surface area contributed by atoms with Crippen LogP contribution in [0.15, 0.2) is 29.3 Å². The van der Waals surface area contributed by atoms with E-state index in [1.165, 1.54) is 0 Å². The summed E-state index contributed by atoms with van der Waals surface area (Å²) >= 11 is 0. The van der Waals surface area contributed by atoms with Gasteiger partial charge in [0.05, 0.1) is 12.6 Å². The summed E-state index contributed by atoms with van der Waals surface area (Å²) in [5.74, 6) is 0.725. The van der Waals surface area contributed by atoms with E-state index in [2.05, 4.69) is 20.9 Å². The molecule has 6 heteroatoms. The first-order valence-corrected chi connectivity index (χ1v) is 8.73. The average molecular weight is 332 g/mol. The van der Waals surface area contributed by atoms with Crippen LogP contribution in [0.3, 0.4) is 0 Å². The highest BCUT2D eigenvalue weighted by Crippen LogP contribution is 2.11. The Bertz CT molecular complexity index is 546. The van der Waals surface area contributed by atoms with Crippen molar-refractivity contribution in [3.05, 3.63) is 35.4 Å². The van der Waals surface area contributed by atoms with Gasteiger partial charge < -0.3 is 20.7 Å². The second kappa shape index (κ2) is 9.93. The van der Waals surface area contributed by atoms with Crippen LogP contribution in [0.4, 0.5) is 0 Å². The molecule has 3 N–H and O–H groups in total. The lowest BCUT2D eigenvalue weighted by Crippen LogP contribution is -2.37. The Kier molecular flexibility index (Phi) is 7.55. The largest absolute Gasteiger partial charge is 0.376 e. The lowest BCUT2D eigenvalue weighted by Gasteiger charge is -2.11. The quantitative estimate of drug-likeness (QED) is 0.524. The molecule has 0 radical (unpaired) electrons. The molecule has 1 atom stereocenters. The minimum atomic E-state index is -0.0603. The molecule has 6 nitrogen and oxygen atoms in total. The van der Waals surface area contributed by atoms with Gasteiger partial charge in [-0.3, -0.25) is 4.79 Å². The van der Waals surface area contributed by atoms with E-state index in [4.69, 9.17) is 4.74 Å². The van der Waals surface area contributed by atoms with E-state index in [-0.39, 0.29) is 12.0 Å². The molecule has 0 aliphatic carbocycles. The van der Waals surface area contributed by atoms with Crippen LogP contribution in [0.1, 0.15) is 42.6 Å². The lowest BCUT2D eigenvalue weighted by atomic mass is 10.1. The van der Waals surface area contributed by atoms with E-state index in [1.54, 1.807) is 0 Å². The molecule has 1 amide bonds. The van der Waals surface area contributed by atoms with Crippen LogP contribution in [-0.4, -0.2) is 44.2 Å². The van der Waals surface area contributed by atoms with Gasteiger partial charge in [0, 0.05) is 31.8 Å². The maximum absolute atomic E-state index is 12.3. The zero-order valence-electron chi connectivity index (χ0n) is 14.6. The van der Waals surface area contributed by atoms with Crippen molar-refractivity contribution in [2.45, 2.75) is 39.3 Å². The van der Waals surface area contributed by atoms with Crippen LogP contribution >= 0.6 is 0 Å². The Labute approximate surface area is 144 Å².